The van der Waals surface area contributed by atoms with E-state index in [1.54, 1.807) is 12.1 Å². The van der Waals surface area contributed by atoms with Gasteiger partial charge < -0.3 is 10.2 Å². The number of nitrogens with zero attached hydrogens (tertiary/aromatic N) is 2. The highest BCUT2D eigenvalue weighted by molar-refractivity contribution is 7.89. The minimum Gasteiger partial charge on any atom is -0.481 e. The molecule has 1 heterocycles. The number of carbonyl (C=O) groups is 1. The molecule has 8 heteroatoms. The number of carboxylic acid groups (broad SMARTS) is 1. The van der Waals surface area contributed by atoms with Crippen LogP contribution in [0.5, 0.6) is 0 Å². The van der Waals surface area contributed by atoms with E-state index in [-0.39, 0.29) is 18.1 Å². The first-order valence-corrected chi connectivity index (χ1v) is 9.38. The van der Waals surface area contributed by atoms with Gasteiger partial charge in [0.1, 0.15) is 0 Å². The van der Waals surface area contributed by atoms with Gasteiger partial charge in [-0.2, -0.15) is 0 Å². The topological polar surface area (TPSA) is 98.2 Å². The fourth-order valence-corrected chi connectivity index (χ4v) is 4.02. The molecule has 0 unspecified atom stereocenters. The van der Waals surface area contributed by atoms with Crippen molar-refractivity contribution in [3.05, 3.63) is 35.4 Å². The van der Waals surface area contributed by atoms with Crippen LogP contribution in [0.15, 0.2) is 24.3 Å². The summed E-state index contributed by atoms with van der Waals surface area (Å²) in [5.74, 6) is -1.23. The third-order valence-corrected chi connectivity index (χ3v) is 6.21. The van der Waals surface area contributed by atoms with Gasteiger partial charge in [0.25, 0.3) is 0 Å². The largest absolute Gasteiger partial charge is 0.481 e. The molecular weight excluding hydrogens is 332 g/mol. The maximum atomic E-state index is 12.0. The van der Waals surface area contributed by atoms with Crippen LogP contribution >= 0.6 is 0 Å². The van der Waals surface area contributed by atoms with Gasteiger partial charge in [-0.3, -0.25) is 9.69 Å². The summed E-state index contributed by atoms with van der Waals surface area (Å²) in [6.45, 7) is 1.55. The van der Waals surface area contributed by atoms with E-state index >= 15 is 0 Å². The SMILES string of the molecule is CN(C)S(=O)(=O)C[C@@H]1CN(Cc2ccc(CC(=O)O)cc2)C[C@H]1O. The number of rotatable bonds is 7. The van der Waals surface area contributed by atoms with Crippen molar-refractivity contribution >= 4 is 16.0 Å². The molecule has 0 amide bonds. The first-order chi connectivity index (χ1) is 11.2. The molecule has 0 spiro atoms. The van der Waals surface area contributed by atoms with Gasteiger partial charge in [-0.1, -0.05) is 24.3 Å². The quantitative estimate of drug-likeness (QED) is 0.714. The van der Waals surface area contributed by atoms with Crippen molar-refractivity contribution in [2.75, 3.05) is 32.9 Å². The second-order valence-electron chi connectivity index (χ2n) is 6.47. The van der Waals surface area contributed by atoms with Gasteiger partial charge >= 0.3 is 5.97 Å². The van der Waals surface area contributed by atoms with Crippen LogP contribution in [0.2, 0.25) is 0 Å². The van der Waals surface area contributed by atoms with E-state index in [1.807, 2.05) is 17.0 Å². The fraction of sp³-hybridized carbons (Fsp3) is 0.562. The monoisotopic (exact) mass is 356 g/mol. The number of sulfonamides is 1. The van der Waals surface area contributed by atoms with E-state index in [1.165, 1.54) is 18.4 Å². The van der Waals surface area contributed by atoms with Crippen molar-refractivity contribution in [1.29, 1.82) is 0 Å². The van der Waals surface area contributed by atoms with E-state index in [0.29, 0.717) is 19.6 Å². The predicted molar refractivity (Wildman–Crippen MR) is 90.0 cm³/mol. The van der Waals surface area contributed by atoms with Gasteiger partial charge in [-0.05, 0) is 11.1 Å². The van der Waals surface area contributed by atoms with Crippen LogP contribution in [-0.2, 0) is 27.8 Å². The predicted octanol–water partition coefficient (Wildman–Crippen LogP) is -0.00220. The van der Waals surface area contributed by atoms with Crippen LogP contribution in [0.4, 0.5) is 0 Å². The Morgan fingerprint density at radius 3 is 2.33 bits per heavy atom. The lowest BCUT2D eigenvalue weighted by atomic mass is 10.1. The molecule has 1 aromatic rings. The van der Waals surface area contributed by atoms with Crippen LogP contribution in [0, 0.1) is 5.92 Å². The summed E-state index contributed by atoms with van der Waals surface area (Å²) in [7, 11) is -0.351. The van der Waals surface area contributed by atoms with Gasteiger partial charge in [0.05, 0.1) is 18.3 Å². The van der Waals surface area contributed by atoms with Crippen LogP contribution in [0.1, 0.15) is 11.1 Å². The summed E-state index contributed by atoms with van der Waals surface area (Å²) in [5.41, 5.74) is 1.75. The first-order valence-electron chi connectivity index (χ1n) is 7.77. The van der Waals surface area contributed by atoms with Crippen LogP contribution < -0.4 is 0 Å². The number of carboxylic acids is 1. The number of benzene rings is 1. The second kappa shape index (κ2) is 7.60. The van der Waals surface area contributed by atoms with Crippen molar-refractivity contribution < 1.29 is 23.4 Å². The molecule has 24 heavy (non-hydrogen) atoms. The maximum absolute atomic E-state index is 12.0. The number of hydrogen-bond donors (Lipinski definition) is 2. The highest BCUT2D eigenvalue weighted by atomic mass is 32.2. The summed E-state index contributed by atoms with van der Waals surface area (Å²) in [5, 5.41) is 18.9. The van der Waals surface area contributed by atoms with Crippen molar-refractivity contribution in [2.24, 2.45) is 5.92 Å². The van der Waals surface area contributed by atoms with E-state index < -0.39 is 22.1 Å². The van der Waals surface area contributed by atoms with Gasteiger partial charge in [-0.25, -0.2) is 12.7 Å². The molecule has 2 atom stereocenters. The number of β-amino-alcohol motifs (C(OH)–C–C–N with tert-alkyl or cyclic N) is 1. The van der Waals surface area contributed by atoms with E-state index in [2.05, 4.69) is 0 Å². The summed E-state index contributed by atoms with van der Waals surface area (Å²) in [6, 6.07) is 7.30. The minimum atomic E-state index is -3.34. The molecule has 7 nitrogen and oxygen atoms in total. The molecule has 0 radical (unpaired) electrons. The standard InChI is InChI=1S/C16H24N2O5S/c1-17(2)24(22,23)11-14-9-18(10-15(14)19)8-13-5-3-12(4-6-13)7-16(20)21/h3-6,14-15,19H,7-11H2,1-2H3,(H,20,21)/t14-,15+/m0/s1. The van der Waals surface area contributed by atoms with Gasteiger partial charge in [0, 0.05) is 39.6 Å². The fourth-order valence-electron chi connectivity index (χ4n) is 2.85. The van der Waals surface area contributed by atoms with Gasteiger partial charge in [-0.15, -0.1) is 0 Å². The molecule has 0 bridgehead atoms. The number of likely N-dealkylation sites (tertiary alicyclic amines) is 1. The Morgan fingerprint density at radius 1 is 1.21 bits per heavy atom. The van der Waals surface area contributed by atoms with E-state index in [0.717, 1.165) is 11.1 Å². The number of hydrogen-bond acceptors (Lipinski definition) is 5. The molecule has 1 aliphatic heterocycles. The lowest BCUT2D eigenvalue weighted by Crippen LogP contribution is -2.33. The molecule has 1 aromatic carbocycles. The third kappa shape index (κ3) is 5.01. The molecule has 134 valence electrons. The van der Waals surface area contributed by atoms with Gasteiger partial charge in [0.15, 0.2) is 0 Å². The molecule has 2 rings (SSSR count). The lowest BCUT2D eigenvalue weighted by molar-refractivity contribution is -0.136. The Labute approximate surface area is 142 Å². The zero-order valence-electron chi connectivity index (χ0n) is 13.9. The molecule has 0 saturated carbocycles. The zero-order valence-corrected chi connectivity index (χ0v) is 14.7. The van der Waals surface area contributed by atoms with Crippen molar-refractivity contribution in [3.8, 4) is 0 Å². The Balaban J connectivity index is 1.94. The van der Waals surface area contributed by atoms with Gasteiger partial charge in [0.2, 0.25) is 10.0 Å². The zero-order chi connectivity index (χ0) is 17.9. The van der Waals surface area contributed by atoms with Crippen LogP contribution in [-0.4, -0.2) is 72.8 Å². The van der Waals surface area contributed by atoms with E-state index in [4.69, 9.17) is 5.11 Å². The normalized spacial score (nSPS) is 22.2. The third-order valence-electron chi connectivity index (χ3n) is 4.25. The van der Waals surface area contributed by atoms with Crippen molar-refractivity contribution in [1.82, 2.24) is 9.21 Å². The minimum absolute atomic E-state index is 0.00677. The van der Waals surface area contributed by atoms with E-state index in [9.17, 15) is 18.3 Å². The highest BCUT2D eigenvalue weighted by Crippen LogP contribution is 2.22. The molecule has 1 fully saturated rings. The Morgan fingerprint density at radius 2 is 1.79 bits per heavy atom. The second-order valence-corrected chi connectivity index (χ2v) is 8.70. The Kier molecular flexibility index (Phi) is 5.97. The number of aliphatic hydroxyl groups excluding tert-OH is 1. The number of aliphatic carboxylic acids is 1. The van der Waals surface area contributed by atoms with Crippen LogP contribution in [0.3, 0.4) is 0 Å². The van der Waals surface area contributed by atoms with Crippen LogP contribution in [0.25, 0.3) is 0 Å². The smallest absolute Gasteiger partial charge is 0.307 e. The molecule has 0 aromatic heterocycles. The Bertz CT molecular complexity index is 672. The van der Waals surface area contributed by atoms with Crippen molar-refractivity contribution in [2.45, 2.75) is 19.1 Å². The summed E-state index contributed by atoms with van der Waals surface area (Å²) >= 11 is 0. The Hall–Kier alpha value is -1.48. The molecule has 2 N–H and O–H groups in total. The molecule has 1 aliphatic rings. The number of aliphatic hydroxyl groups is 1. The molecular formula is C16H24N2O5S. The first kappa shape index (κ1) is 18.9. The average Bonchev–Trinajstić information content (AvgIpc) is 2.79. The summed E-state index contributed by atoms with van der Waals surface area (Å²) < 4.78 is 25.1. The van der Waals surface area contributed by atoms with Crippen molar-refractivity contribution in [3.63, 3.8) is 0 Å². The molecule has 1 saturated heterocycles. The molecule has 0 aliphatic carbocycles. The summed E-state index contributed by atoms with van der Waals surface area (Å²) in [6.07, 6.45) is -0.668. The average molecular weight is 356 g/mol. The summed E-state index contributed by atoms with van der Waals surface area (Å²) in [4.78, 5) is 12.7. The maximum Gasteiger partial charge on any atom is 0.307 e. The lowest BCUT2D eigenvalue weighted by Gasteiger charge is -2.18. The highest BCUT2D eigenvalue weighted by Gasteiger charge is 2.35.